The van der Waals surface area contributed by atoms with Gasteiger partial charge in [-0.1, -0.05) is 12.0 Å². The number of aromatic nitrogens is 4. The van der Waals surface area contributed by atoms with Crippen LogP contribution in [0.4, 0.5) is 5.95 Å². The minimum atomic E-state index is -0.138. The zero-order valence-electron chi connectivity index (χ0n) is 18.8. The third kappa shape index (κ3) is 4.16. The van der Waals surface area contributed by atoms with E-state index in [1.807, 2.05) is 51.8 Å². The number of rotatable bonds is 4. The van der Waals surface area contributed by atoms with E-state index in [-0.39, 0.29) is 11.8 Å². The Bertz CT molecular complexity index is 1390. The molecule has 0 aliphatic carbocycles. The fourth-order valence-electron chi connectivity index (χ4n) is 4.35. The number of nitrogens with two attached hydrogens (primary N) is 1. The molecule has 1 saturated heterocycles. The van der Waals surface area contributed by atoms with Gasteiger partial charge >= 0.3 is 0 Å². The molecule has 3 aromatic heterocycles. The average Bonchev–Trinajstić information content (AvgIpc) is 3.26. The van der Waals surface area contributed by atoms with Crippen LogP contribution in [-0.2, 0) is 4.79 Å². The molecule has 0 spiro atoms. The Labute approximate surface area is 197 Å². The normalized spacial score (nSPS) is 15.6. The summed E-state index contributed by atoms with van der Waals surface area (Å²) in [4.78, 5) is 27.7. The van der Waals surface area contributed by atoms with Gasteiger partial charge in [-0.15, -0.1) is 0 Å². The number of amides is 1. The largest absolute Gasteiger partial charge is 0.439 e. The van der Waals surface area contributed by atoms with Gasteiger partial charge in [-0.2, -0.15) is 0 Å². The lowest BCUT2D eigenvalue weighted by atomic mass is 9.94. The highest BCUT2D eigenvalue weighted by Crippen LogP contribution is 2.34. The summed E-state index contributed by atoms with van der Waals surface area (Å²) < 4.78 is 7.68. The van der Waals surface area contributed by atoms with Crippen LogP contribution in [0, 0.1) is 11.8 Å². The molecule has 4 heterocycles. The SMILES string of the molecule is CC#CC(=O)N1CCCC(c2nc(-c3ccc(Oc4ccccn4)cc3)n3c(N)nccc23)C1. The zero-order valence-corrected chi connectivity index (χ0v) is 18.8. The number of likely N-dealkylation sites (tertiary alicyclic amines) is 1. The molecule has 1 atom stereocenters. The molecule has 1 unspecified atom stereocenters. The lowest BCUT2D eigenvalue weighted by Gasteiger charge is -2.30. The highest BCUT2D eigenvalue weighted by Gasteiger charge is 2.28. The number of piperidine rings is 1. The van der Waals surface area contributed by atoms with Gasteiger partial charge in [0, 0.05) is 43.0 Å². The van der Waals surface area contributed by atoms with Crippen LogP contribution in [-0.4, -0.2) is 43.2 Å². The topological polar surface area (TPSA) is 98.6 Å². The van der Waals surface area contributed by atoms with Gasteiger partial charge in [-0.25, -0.2) is 15.0 Å². The van der Waals surface area contributed by atoms with Crippen molar-refractivity contribution < 1.29 is 9.53 Å². The number of benzene rings is 1. The van der Waals surface area contributed by atoms with Crippen LogP contribution in [0.25, 0.3) is 16.9 Å². The molecule has 170 valence electrons. The number of nitrogen functional groups attached to an aromatic ring is 1. The van der Waals surface area contributed by atoms with Crippen LogP contribution in [0.5, 0.6) is 11.6 Å². The Morgan fingerprint density at radius 1 is 1.12 bits per heavy atom. The maximum atomic E-state index is 12.4. The molecule has 1 aliphatic heterocycles. The summed E-state index contributed by atoms with van der Waals surface area (Å²) in [7, 11) is 0. The molecule has 1 aliphatic rings. The van der Waals surface area contributed by atoms with Gasteiger partial charge in [-0.05, 0) is 62.1 Å². The van der Waals surface area contributed by atoms with Crippen LogP contribution in [0.15, 0.2) is 60.9 Å². The molecule has 0 radical (unpaired) electrons. The van der Waals surface area contributed by atoms with Crippen molar-refractivity contribution in [2.45, 2.75) is 25.7 Å². The van der Waals surface area contributed by atoms with Crippen molar-refractivity contribution in [2.75, 3.05) is 18.8 Å². The number of imidazole rings is 1. The summed E-state index contributed by atoms with van der Waals surface area (Å²) in [5.41, 5.74) is 8.98. The lowest BCUT2D eigenvalue weighted by Crippen LogP contribution is -2.38. The number of nitrogens with zero attached hydrogens (tertiary/aromatic N) is 5. The summed E-state index contributed by atoms with van der Waals surface area (Å²) >= 11 is 0. The first-order valence-electron chi connectivity index (χ1n) is 11.2. The lowest BCUT2D eigenvalue weighted by molar-refractivity contribution is -0.126. The number of ether oxygens (including phenoxy) is 1. The van der Waals surface area contributed by atoms with Crippen molar-refractivity contribution in [2.24, 2.45) is 0 Å². The first-order chi connectivity index (χ1) is 16.6. The Morgan fingerprint density at radius 2 is 1.97 bits per heavy atom. The van der Waals surface area contributed by atoms with E-state index < -0.39 is 0 Å². The van der Waals surface area contributed by atoms with Crippen molar-refractivity contribution in [3.8, 4) is 34.9 Å². The average molecular weight is 453 g/mol. The van der Waals surface area contributed by atoms with Crippen LogP contribution in [0.3, 0.4) is 0 Å². The van der Waals surface area contributed by atoms with Crippen molar-refractivity contribution >= 4 is 17.4 Å². The van der Waals surface area contributed by atoms with E-state index in [2.05, 4.69) is 21.8 Å². The molecule has 5 rings (SSSR count). The third-order valence-corrected chi connectivity index (χ3v) is 5.91. The zero-order chi connectivity index (χ0) is 23.5. The van der Waals surface area contributed by atoms with E-state index in [1.54, 1.807) is 25.4 Å². The fourth-order valence-corrected chi connectivity index (χ4v) is 4.35. The van der Waals surface area contributed by atoms with Gasteiger partial charge in [0.2, 0.25) is 11.8 Å². The summed E-state index contributed by atoms with van der Waals surface area (Å²) in [6.45, 7) is 2.97. The molecule has 8 nitrogen and oxygen atoms in total. The molecule has 4 aromatic rings. The third-order valence-electron chi connectivity index (χ3n) is 5.91. The standard InChI is InChI=1S/C26H24N6O2/c1-2-6-23(33)31-16-5-7-19(17-31)24-21-13-15-29-26(27)32(21)25(30-24)18-9-11-20(12-10-18)34-22-8-3-4-14-28-22/h3-4,8-15,19H,5,7,16-17H2,1H3,(H2,27,29). The van der Waals surface area contributed by atoms with E-state index in [4.69, 9.17) is 15.5 Å². The maximum absolute atomic E-state index is 12.4. The molecular weight excluding hydrogens is 428 g/mol. The van der Waals surface area contributed by atoms with Gasteiger partial charge in [0.25, 0.3) is 5.91 Å². The Hall–Kier alpha value is -4.38. The highest BCUT2D eigenvalue weighted by atomic mass is 16.5. The summed E-state index contributed by atoms with van der Waals surface area (Å²) in [6.07, 6.45) is 5.22. The first-order valence-corrected chi connectivity index (χ1v) is 11.2. The number of pyridine rings is 1. The molecule has 2 N–H and O–H groups in total. The summed E-state index contributed by atoms with van der Waals surface area (Å²) in [6, 6.07) is 15.1. The van der Waals surface area contributed by atoms with Crippen LogP contribution in [0.1, 0.15) is 31.4 Å². The second-order valence-electron chi connectivity index (χ2n) is 8.10. The minimum absolute atomic E-state index is 0.0914. The monoisotopic (exact) mass is 452 g/mol. The van der Waals surface area contributed by atoms with Gasteiger partial charge < -0.3 is 15.4 Å². The van der Waals surface area contributed by atoms with Crippen LogP contribution < -0.4 is 10.5 Å². The number of hydrogen-bond donors (Lipinski definition) is 1. The molecule has 1 fully saturated rings. The van der Waals surface area contributed by atoms with E-state index in [1.165, 1.54) is 0 Å². The fraction of sp³-hybridized carbons (Fsp3) is 0.231. The van der Waals surface area contributed by atoms with Gasteiger partial charge in [-0.3, -0.25) is 9.20 Å². The molecular formula is C26H24N6O2. The van der Waals surface area contributed by atoms with Gasteiger partial charge in [0.15, 0.2) is 0 Å². The summed E-state index contributed by atoms with van der Waals surface area (Å²) in [5.74, 6) is 7.58. The Kier molecular flexibility index (Phi) is 5.83. The second kappa shape index (κ2) is 9.24. The number of anilines is 1. The molecule has 1 amide bonds. The van der Waals surface area contributed by atoms with Crippen molar-refractivity contribution in [3.63, 3.8) is 0 Å². The van der Waals surface area contributed by atoms with E-state index >= 15 is 0 Å². The molecule has 8 heteroatoms. The molecule has 0 saturated carbocycles. The second-order valence-corrected chi connectivity index (χ2v) is 8.10. The number of fused-ring (bicyclic) bond motifs is 1. The van der Waals surface area contributed by atoms with E-state index in [9.17, 15) is 4.79 Å². The van der Waals surface area contributed by atoms with Gasteiger partial charge in [0.1, 0.15) is 11.6 Å². The van der Waals surface area contributed by atoms with Crippen LogP contribution >= 0.6 is 0 Å². The predicted octanol–water partition coefficient (Wildman–Crippen LogP) is 3.90. The quantitative estimate of drug-likeness (QED) is 0.472. The number of carbonyl (C=O) groups excluding carboxylic acids is 1. The number of hydrogen-bond acceptors (Lipinski definition) is 6. The van der Waals surface area contributed by atoms with Crippen molar-refractivity contribution in [1.82, 2.24) is 24.3 Å². The smallest absolute Gasteiger partial charge is 0.298 e. The first kappa shape index (κ1) is 21.5. The number of carbonyl (C=O) groups is 1. The van der Waals surface area contributed by atoms with Gasteiger partial charge in [0.05, 0.1) is 11.2 Å². The molecule has 1 aromatic carbocycles. The molecule has 0 bridgehead atoms. The van der Waals surface area contributed by atoms with Crippen molar-refractivity contribution in [1.29, 1.82) is 0 Å². The predicted molar refractivity (Wildman–Crippen MR) is 129 cm³/mol. The summed E-state index contributed by atoms with van der Waals surface area (Å²) in [5, 5.41) is 0. The van der Waals surface area contributed by atoms with E-state index in [0.29, 0.717) is 36.5 Å². The van der Waals surface area contributed by atoms with E-state index in [0.717, 1.165) is 29.6 Å². The van der Waals surface area contributed by atoms with Crippen LogP contribution in [0.2, 0.25) is 0 Å². The molecule has 34 heavy (non-hydrogen) atoms. The highest BCUT2D eigenvalue weighted by molar-refractivity contribution is 5.93. The minimum Gasteiger partial charge on any atom is -0.439 e. The maximum Gasteiger partial charge on any atom is 0.298 e. The van der Waals surface area contributed by atoms with Crippen molar-refractivity contribution in [3.05, 3.63) is 66.6 Å². The Morgan fingerprint density at radius 3 is 2.74 bits per heavy atom. The Balaban J connectivity index is 1.49.